The van der Waals surface area contributed by atoms with E-state index >= 15 is 0 Å². The van der Waals surface area contributed by atoms with Crippen molar-refractivity contribution in [2.45, 2.75) is 5.41 Å². The standard InChI is InChI=1S/C55H35NO2/c1-4-17-36(18-5-1)38-31-33-48(43(35-38)37-19-6-2-7-20-37)56(39-21-8-3-9-22-39)49-29-16-30-50-53(49)57-51-34-32-47-52(54(51)58-50)42-25-12-15-28-46(42)55(47)44-26-13-10-23-40(44)41-24-11-14-27-45(41)55/h1-35H. The molecule has 0 bridgehead atoms. The van der Waals surface area contributed by atoms with Gasteiger partial charge in [-0.2, -0.15) is 0 Å². The number of ether oxygens (including phenoxy) is 2. The third-order valence-electron chi connectivity index (χ3n) is 12.1. The Hall–Kier alpha value is -7.62. The van der Waals surface area contributed by atoms with Crippen LogP contribution in [0.15, 0.2) is 212 Å². The molecule has 1 heterocycles. The minimum atomic E-state index is -0.469. The summed E-state index contributed by atoms with van der Waals surface area (Å²) in [7, 11) is 0. The minimum Gasteiger partial charge on any atom is -0.449 e. The van der Waals surface area contributed by atoms with Gasteiger partial charge in [0.1, 0.15) is 0 Å². The van der Waals surface area contributed by atoms with Crippen molar-refractivity contribution in [3.63, 3.8) is 0 Å². The molecule has 1 spiro atoms. The van der Waals surface area contributed by atoms with Gasteiger partial charge in [0.2, 0.25) is 0 Å². The number of nitrogens with zero attached hydrogens (tertiary/aromatic N) is 1. The topological polar surface area (TPSA) is 21.7 Å². The van der Waals surface area contributed by atoms with E-state index in [-0.39, 0.29) is 0 Å². The van der Waals surface area contributed by atoms with E-state index in [1.165, 1.54) is 44.5 Å². The Labute approximate surface area is 337 Å². The maximum absolute atomic E-state index is 7.16. The van der Waals surface area contributed by atoms with Crippen LogP contribution in [-0.2, 0) is 5.41 Å². The molecule has 272 valence electrons. The Kier molecular flexibility index (Phi) is 7.14. The van der Waals surface area contributed by atoms with Gasteiger partial charge in [0.25, 0.3) is 0 Å². The zero-order valence-corrected chi connectivity index (χ0v) is 31.5. The van der Waals surface area contributed by atoms with Gasteiger partial charge in [-0.05, 0) is 98.1 Å². The monoisotopic (exact) mass is 741 g/mol. The average molecular weight is 742 g/mol. The second-order valence-electron chi connectivity index (χ2n) is 15.1. The van der Waals surface area contributed by atoms with Gasteiger partial charge in [0.15, 0.2) is 23.0 Å². The van der Waals surface area contributed by atoms with Crippen LogP contribution in [0.3, 0.4) is 0 Å². The lowest BCUT2D eigenvalue weighted by atomic mass is 9.70. The van der Waals surface area contributed by atoms with E-state index in [2.05, 4.69) is 211 Å². The maximum atomic E-state index is 7.16. The molecular weight excluding hydrogens is 707 g/mol. The molecule has 12 rings (SSSR count). The van der Waals surface area contributed by atoms with E-state index in [1.807, 2.05) is 6.07 Å². The summed E-state index contributed by atoms with van der Waals surface area (Å²) in [6.07, 6.45) is 0. The van der Waals surface area contributed by atoms with Gasteiger partial charge in [0.05, 0.1) is 16.8 Å². The molecule has 0 unspecified atom stereocenters. The molecule has 3 aliphatic rings. The third kappa shape index (κ3) is 4.62. The molecule has 0 atom stereocenters. The molecule has 3 heteroatoms. The summed E-state index contributed by atoms with van der Waals surface area (Å²) in [6.45, 7) is 0. The van der Waals surface area contributed by atoms with Crippen molar-refractivity contribution in [3.8, 4) is 67.5 Å². The average Bonchev–Trinajstić information content (AvgIpc) is 3.77. The number of hydrogen-bond donors (Lipinski definition) is 0. The Morgan fingerprint density at radius 2 is 0.879 bits per heavy atom. The van der Waals surface area contributed by atoms with Crippen LogP contribution in [0.2, 0.25) is 0 Å². The maximum Gasteiger partial charge on any atom is 0.194 e. The Morgan fingerprint density at radius 3 is 1.57 bits per heavy atom. The van der Waals surface area contributed by atoms with E-state index in [4.69, 9.17) is 9.47 Å². The van der Waals surface area contributed by atoms with Gasteiger partial charge in [-0.1, -0.05) is 170 Å². The first-order valence-corrected chi connectivity index (χ1v) is 19.8. The van der Waals surface area contributed by atoms with Gasteiger partial charge in [-0.25, -0.2) is 0 Å². The highest BCUT2D eigenvalue weighted by Crippen LogP contribution is 2.67. The summed E-state index contributed by atoms with van der Waals surface area (Å²) in [5.41, 5.74) is 16.9. The molecule has 2 aliphatic carbocycles. The van der Waals surface area contributed by atoms with E-state index < -0.39 is 5.41 Å². The first-order valence-electron chi connectivity index (χ1n) is 19.8. The molecular formula is C55H35NO2. The second-order valence-corrected chi connectivity index (χ2v) is 15.1. The van der Waals surface area contributed by atoms with Crippen LogP contribution in [0, 0.1) is 0 Å². The fourth-order valence-corrected chi connectivity index (χ4v) is 9.77. The molecule has 3 nitrogen and oxygen atoms in total. The Bertz CT molecular complexity index is 3020. The highest BCUT2D eigenvalue weighted by molar-refractivity contribution is 5.98. The van der Waals surface area contributed by atoms with Crippen LogP contribution in [0.5, 0.6) is 23.0 Å². The molecule has 9 aromatic carbocycles. The van der Waals surface area contributed by atoms with Gasteiger partial charge < -0.3 is 14.4 Å². The van der Waals surface area contributed by atoms with Crippen LogP contribution < -0.4 is 14.4 Å². The summed E-state index contributed by atoms with van der Waals surface area (Å²) in [4.78, 5) is 2.30. The van der Waals surface area contributed by atoms with Crippen molar-refractivity contribution in [1.82, 2.24) is 0 Å². The molecule has 1 aliphatic heterocycles. The number of hydrogen-bond acceptors (Lipinski definition) is 3. The molecule has 0 saturated heterocycles. The van der Waals surface area contributed by atoms with Crippen molar-refractivity contribution in [2.24, 2.45) is 0 Å². The van der Waals surface area contributed by atoms with Crippen molar-refractivity contribution in [1.29, 1.82) is 0 Å². The number of anilines is 3. The highest BCUT2D eigenvalue weighted by Gasteiger charge is 2.53. The van der Waals surface area contributed by atoms with Crippen LogP contribution in [0.4, 0.5) is 17.1 Å². The van der Waals surface area contributed by atoms with E-state index in [0.29, 0.717) is 17.2 Å². The van der Waals surface area contributed by atoms with Crippen LogP contribution in [0.25, 0.3) is 44.5 Å². The Morgan fingerprint density at radius 1 is 0.328 bits per heavy atom. The first-order chi connectivity index (χ1) is 28.8. The predicted octanol–water partition coefficient (Wildman–Crippen LogP) is 14.7. The Balaban J connectivity index is 1.04. The predicted molar refractivity (Wildman–Crippen MR) is 235 cm³/mol. The lowest BCUT2D eigenvalue weighted by Gasteiger charge is -2.33. The van der Waals surface area contributed by atoms with Crippen molar-refractivity contribution >= 4 is 17.1 Å². The zero-order chi connectivity index (χ0) is 38.2. The molecule has 0 aromatic heterocycles. The minimum absolute atomic E-state index is 0.469. The zero-order valence-electron chi connectivity index (χ0n) is 31.5. The van der Waals surface area contributed by atoms with Crippen molar-refractivity contribution in [2.75, 3.05) is 4.90 Å². The summed E-state index contributed by atoms with van der Waals surface area (Å²) >= 11 is 0. The van der Waals surface area contributed by atoms with Gasteiger partial charge in [-0.3, -0.25) is 0 Å². The van der Waals surface area contributed by atoms with E-state index in [0.717, 1.165) is 45.1 Å². The third-order valence-corrected chi connectivity index (χ3v) is 12.1. The molecule has 58 heavy (non-hydrogen) atoms. The second kappa shape index (κ2) is 12.7. The largest absolute Gasteiger partial charge is 0.449 e. The fourth-order valence-electron chi connectivity index (χ4n) is 9.77. The highest BCUT2D eigenvalue weighted by atomic mass is 16.6. The lowest BCUT2D eigenvalue weighted by Crippen LogP contribution is -2.25. The van der Waals surface area contributed by atoms with Crippen LogP contribution in [0.1, 0.15) is 22.3 Å². The summed E-state index contributed by atoms with van der Waals surface area (Å²) in [6, 6.07) is 75.6. The van der Waals surface area contributed by atoms with Crippen molar-refractivity contribution in [3.05, 3.63) is 235 Å². The summed E-state index contributed by atoms with van der Waals surface area (Å²) < 4.78 is 14.3. The van der Waals surface area contributed by atoms with E-state index in [9.17, 15) is 0 Å². The quantitative estimate of drug-likeness (QED) is 0.175. The smallest absolute Gasteiger partial charge is 0.194 e. The molecule has 0 fully saturated rings. The number of fused-ring (bicyclic) bond motifs is 13. The summed E-state index contributed by atoms with van der Waals surface area (Å²) in [5, 5.41) is 0. The number of para-hydroxylation sites is 2. The first kappa shape index (κ1) is 32.6. The molecule has 0 N–H and O–H groups in total. The van der Waals surface area contributed by atoms with Gasteiger partial charge in [0, 0.05) is 16.8 Å². The van der Waals surface area contributed by atoms with Crippen LogP contribution in [-0.4, -0.2) is 0 Å². The fraction of sp³-hybridized carbons (Fsp3) is 0.0182. The number of rotatable bonds is 5. The van der Waals surface area contributed by atoms with Gasteiger partial charge in [-0.15, -0.1) is 0 Å². The molecule has 9 aromatic rings. The van der Waals surface area contributed by atoms with E-state index in [1.54, 1.807) is 0 Å². The van der Waals surface area contributed by atoms with Gasteiger partial charge >= 0.3 is 0 Å². The van der Waals surface area contributed by atoms with Crippen molar-refractivity contribution < 1.29 is 9.47 Å². The number of benzene rings is 9. The van der Waals surface area contributed by atoms with Crippen LogP contribution >= 0.6 is 0 Å². The molecule has 0 radical (unpaired) electrons. The molecule has 0 amide bonds. The normalized spacial score (nSPS) is 13.2. The lowest BCUT2D eigenvalue weighted by molar-refractivity contribution is 0.361. The molecule has 0 saturated carbocycles. The summed E-state index contributed by atoms with van der Waals surface area (Å²) in [5.74, 6) is 2.78. The SMILES string of the molecule is c1ccc(-c2ccc(N(c3ccccc3)c3cccc4c3Oc3ccc5c(c3O4)-c3ccccc3C53c4ccccc4-c4ccccc43)c(-c3ccccc3)c2)cc1.